The Balaban J connectivity index is 1.79. The summed E-state index contributed by atoms with van der Waals surface area (Å²) < 4.78 is 7.47. The van der Waals surface area contributed by atoms with Crippen LogP contribution >= 0.6 is 0 Å². The fraction of sp³-hybridized carbons (Fsp3) is 0.222. The van der Waals surface area contributed by atoms with Gasteiger partial charge in [0.25, 0.3) is 0 Å². The van der Waals surface area contributed by atoms with E-state index in [4.69, 9.17) is 4.74 Å². The van der Waals surface area contributed by atoms with Gasteiger partial charge >= 0.3 is 0 Å². The second kappa shape index (κ2) is 6.22. The highest BCUT2D eigenvalue weighted by Crippen LogP contribution is 2.29. The Hall–Kier alpha value is -2.66. The third-order valence-electron chi connectivity index (χ3n) is 4.08. The molecule has 0 saturated carbocycles. The van der Waals surface area contributed by atoms with Crippen molar-refractivity contribution in [3.05, 3.63) is 61.1 Å². The molecule has 1 aliphatic heterocycles. The maximum absolute atomic E-state index is 5.47. The minimum absolute atomic E-state index is 0.769. The fourth-order valence-electron chi connectivity index (χ4n) is 2.95. The van der Waals surface area contributed by atoms with E-state index in [1.54, 1.807) is 12.4 Å². The molecule has 2 aromatic heterocycles. The number of ether oxygens (including phenoxy) is 1. The molecule has 1 aliphatic rings. The van der Waals surface area contributed by atoms with Crippen LogP contribution in [0.3, 0.4) is 0 Å². The van der Waals surface area contributed by atoms with Crippen LogP contribution in [0.2, 0.25) is 0 Å². The number of anilines is 1. The topological polar surface area (TPSA) is 43.2 Å². The zero-order valence-corrected chi connectivity index (χ0v) is 12.8. The van der Waals surface area contributed by atoms with E-state index >= 15 is 0 Å². The van der Waals surface area contributed by atoms with Gasteiger partial charge in [-0.2, -0.15) is 5.10 Å². The number of para-hydroxylation sites is 2. The first-order valence-corrected chi connectivity index (χ1v) is 7.80. The number of morpholine rings is 1. The minimum Gasteiger partial charge on any atom is -0.378 e. The van der Waals surface area contributed by atoms with Gasteiger partial charge in [0.05, 0.1) is 36.5 Å². The largest absolute Gasteiger partial charge is 0.378 e. The molecular weight excluding hydrogens is 288 g/mol. The maximum Gasteiger partial charge on any atom is 0.0886 e. The molecule has 0 bridgehead atoms. The average Bonchev–Trinajstić information content (AvgIpc) is 3.13. The van der Waals surface area contributed by atoms with Gasteiger partial charge in [0.1, 0.15) is 0 Å². The van der Waals surface area contributed by atoms with Crippen molar-refractivity contribution in [3.63, 3.8) is 0 Å². The van der Waals surface area contributed by atoms with Gasteiger partial charge in [-0.1, -0.05) is 12.1 Å². The smallest absolute Gasteiger partial charge is 0.0886 e. The van der Waals surface area contributed by atoms with Crippen LogP contribution in [0.5, 0.6) is 0 Å². The summed E-state index contributed by atoms with van der Waals surface area (Å²) in [6.45, 7) is 3.35. The molecule has 3 heterocycles. The Morgan fingerprint density at radius 1 is 0.826 bits per heavy atom. The summed E-state index contributed by atoms with van der Waals surface area (Å²) in [7, 11) is 0. The molecule has 0 aliphatic carbocycles. The van der Waals surface area contributed by atoms with Crippen molar-refractivity contribution in [2.75, 3.05) is 31.2 Å². The standard InChI is InChI=1S/C18H18N4O/c1-2-4-18(17(3-1)21-11-13-23-14-12-21)22-16(7-10-20-22)15-5-8-19-9-6-15/h1-10H,11-14H2. The molecule has 23 heavy (non-hydrogen) atoms. The second-order valence-electron chi connectivity index (χ2n) is 5.45. The molecule has 1 aromatic carbocycles. The molecule has 0 radical (unpaired) electrons. The molecule has 5 heteroatoms. The predicted molar refractivity (Wildman–Crippen MR) is 89.8 cm³/mol. The highest BCUT2D eigenvalue weighted by atomic mass is 16.5. The molecule has 0 atom stereocenters. The van der Waals surface area contributed by atoms with Gasteiger partial charge in [-0.15, -0.1) is 0 Å². The quantitative estimate of drug-likeness (QED) is 0.746. The van der Waals surface area contributed by atoms with Crippen LogP contribution in [0.15, 0.2) is 61.1 Å². The Morgan fingerprint density at radius 3 is 2.35 bits per heavy atom. The molecule has 116 valence electrons. The summed E-state index contributed by atoms with van der Waals surface area (Å²) in [4.78, 5) is 6.45. The summed E-state index contributed by atoms with van der Waals surface area (Å²) in [5, 5.41) is 4.56. The van der Waals surface area contributed by atoms with Crippen LogP contribution in [-0.4, -0.2) is 41.1 Å². The van der Waals surface area contributed by atoms with Gasteiger partial charge in [-0.25, -0.2) is 4.68 Å². The molecule has 0 N–H and O–H groups in total. The highest BCUT2D eigenvalue weighted by Gasteiger charge is 2.17. The first kappa shape index (κ1) is 14.0. The van der Waals surface area contributed by atoms with Gasteiger partial charge < -0.3 is 9.64 Å². The van der Waals surface area contributed by atoms with Gasteiger partial charge in [-0.3, -0.25) is 4.98 Å². The van der Waals surface area contributed by atoms with Crippen molar-refractivity contribution in [3.8, 4) is 16.9 Å². The molecule has 1 fully saturated rings. The Kier molecular flexibility index (Phi) is 3.78. The van der Waals surface area contributed by atoms with Crippen molar-refractivity contribution >= 4 is 5.69 Å². The maximum atomic E-state index is 5.47. The fourth-order valence-corrected chi connectivity index (χ4v) is 2.95. The third kappa shape index (κ3) is 2.71. The van der Waals surface area contributed by atoms with E-state index in [9.17, 15) is 0 Å². The van der Waals surface area contributed by atoms with E-state index in [1.165, 1.54) is 5.69 Å². The minimum atomic E-state index is 0.769. The van der Waals surface area contributed by atoms with Crippen molar-refractivity contribution in [2.24, 2.45) is 0 Å². The van der Waals surface area contributed by atoms with E-state index in [0.29, 0.717) is 0 Å². The molecular formula is C18H18N4O. The van der Waals surface area contributed by atoms with E-state index < -0.39 is 0 Å². The number of pyridine rings is 1. The number of hydrogen-bond donors (Lipinski definition) is 0. The molecule has 0 spiro atoms. The summed E-state index contributed by atoms with van der Waals surface area (Å²) in [6.07, 6.45) is 5.45. The lowest BCUT2D eigenvalue weighted by atomic mass is 10.2. The van der Waals surface area contributed by atoms with Crippen molar-refractivity contribution in [1.29, 1.82) is 0 Å². The van der Waals surface area contributed by atoms with Crippen LogP contribution in [-0.2, 0) is 4.74 Å². The zero-order valence-electron chi connectivity index (χ0n) is 12.8. The molecule has 3 aromatic rings. The Bertz CT molecular complexity index is 778. The Labute approximate surface area is 135 Å². The SMILES string of the molecule is c1ccc(-n2nccc2-c2ccncc2)c(N2CCOCC2)c1. The number of hydrogen-bond acceptors (Lipinski definition) is 4. The molecule has 4 rings (SSSR count). The normalized spacial score (nSPS) is 14.9. The van der Waals surface area contributed by atoms with Crippen LogP contribution in [0.25, 0.3) is 16.9 Å². The van der Waals surface area contributed by atoms with E-state index in [2.05, 4.69) is 39.2 Å². The predicted octanol–water partition coefficient (Wildman–Crippen LogP) is 2.77. The number of aromatic nitrogens is 3. The Morgan fingerprint density at radius 2 is 1.57 bits per heavy atom. The van der Waals surface area contributed by atoms with Gasteiger partial charge in [0, 0.05) is 31.0 Å². The summed E-state index contributed by atoms with van der Waals surface area (Å²) in [6, 6.07) is 14.4. The van der Waals surface area contributed by atoms with Gasteiger partial charge in [0.15, 0.2) is 0 Å². The first-order valence-electron chi connectivity index (χ1n) is 7.80. The zero-order chi connectivity index (χ0) is 15.5. The van der Waals surface area contributed by atoms with Crippen LogP contribution < -0.4 is 4.90 Å². The van der Waals surface area contributed by atoms with E-state index in [1.807, 2.05) is 29.1 Å². The lowest BCUT2D eigenvalue weighted by Gasteiger charge is -2.30. The van der Waals surface area contributed by atoms with Gasteiger partial charge in [0.2, 0.25) is 0 Å². The number of nitrogens with zero attached hydrogens (tertiary/aromatic N) is 4. The molecule has 5 nitrogen and oxygen atoms in total. The summed E-state index contributed by atoms with van der Waals surface area (Å²) in [5.74, 6) is 0. The summed E-state index contributed by atoms with van der Waals surface area (Å²) in [5.41, 5.74) is 4.45. The molecule has 1 saturated heterocycles. The lowest BCUT2D eigenvalue weighted by molar-refractivity contribution is 0.122. The lowest BCUT2D eigenvalue weighted by Crippen LogP contribution is -2.36. The third-order valence-corrected chi connectivity index (χ3v) is 4.08. The average molecular weight is 306 g/mol. The first-order chi connectivity index (χ1) is 11.4. The monoisotopic (exact) mass is 306 g/mol. The van der Waals surface area contributed by atoms with Gasteiger partial charge in [-0.05, 0) is 30.3 Å². The number of rotatable bonds is 3. The molecule has 0 amide bonds. The van der Waals surface area contributed by atoms with Crippen LogP contribution in [0.1, 0.15) is 0 Å². The van der Waals surface area contributed by atoms with Crippen molar-refractivity contribution < 1.29 is 4.74 Å². The van der Waals surface area contributed by atoms with E-state index in [-0.39, 0.29) is 0 Å². The van der Waals surface area contributed by atoms with Crippen molar-refractivity contribution in [2.45, 2.75) is 0 Å². The van der Waals surface area contributed by atoms with E-state index in [0.717, 1.165) is 43.2 Å². The summed E-state index contributed by atoms with van der Waals surface area (Å²) >= 11 is 0. The highest BCUT2D eigenvalue weighted by molar-refractivity contribution is 5.68. The van der Waals surface area contributed by atoms with Crippen LogP contribution in [0, 0.1) is 0 Å². The molecule has 0 unspecified atom stereocenters. The number of benzene rings is 1. The van der Waals surface area contributed by atoms with Crippen LogP contribution in [0.4, 0.5) is 5.69 Å². The second-order valence-corrected chi connectivity index (χ2v) is 5.45. The van der Waals surface area contributed by atoms with Crippen molar-refractivity contribution in [1.82, 2.24) is 14.8 Å².